The number of urea groups is 1. The van der Waals surface area contributed by atoms with Gasteiger partial charge >= 0.3 is 12.0 Å². The Morgan fingerprint density at radius 2 is 1.91 bits per heavy atom. The number of aliphatic carboxylic acids is 1. The van der Waals surface area contributed by atoms with Crippen molar-refractivity contribution in [2.75, 3.05) is 13.1 Å². The number of amides is 2. The third-order valence-electron chi connectivity index (χ3n) is 4.86. The Kier molecular flexibility index (Phi) is 4.50. The van der Waals surface area contributed by atoms with Crippen LogP contribution in [0.2, 0.25) is 0 Å². The Labute approximate surface area is 134 Å². The summed E-state index contributed by atoms with van der Waals surface area (Å²) in [7, 11) is 0. The van der Waals surface area contributed by atoms with Gasteiger partial charge < -0.3 is 15.3 Å². The van der Waals surface area contributed by atoms with Crippen LogP contribution in [0, 0.1) is 11.7 Å². The summed E-state index contributed by atoms with van der Waals surface area (Å²) < 4.78 is 12.9. The molecule has 2 amide bonds. The maximum absolute atomic E-state index is 12.9. The number of carboxylic acids is 1. The summed E-state index contributed by atoms with van der Waals surface area (Å²) in [6, 6.07) is 6.45. The number of carbonyl (C=O) groups is 2. The van der Waals surface area contributed by atoms with Gasteiger partial charge in [-0.2, -0.15) is 0 Å². The molecule has 1 atom stereocenters. The number of benzene rings is 1. The van der Waals surface area contributed by atoms with Crippen LogP contribution in [-0.2, 0) is 4.79 Å². The SMILES string of the molecule is O=C(O)C1CCCN(C(=O)NC2CC(c3ccc(F)cc3)C2)C1. The highest BCUT2D eigenvalue weighted by molar-refractivity contribution is 5.77. The van der Waals surface area contributed by atoms with Crippen molar-refractivity contribution in [1.29, 1.82) is 0 Å². The zero-order valence-corrected chi connectivity index (χ0v) is 12.9. The number of nitrogens with one attached hydrogen (secondary N) is 1. The first-order chi connectivity index (χ1) is 11.0. The number of hydrogen-bond acceptors (Lipinski definition) is 2. The van der Waals surface area contributed by atoms with Gasteiger partial charge in [-0.25, -0.2) is 9.18 Å². The minimum absolute atomic E-state index is 0.114. The molecule has 0 radical (unpaired) electrons. The van der Waals surface area contributed by atoms with Crippen molar-refractivity contribution in [2.45, 2.75) is 37.6 Å². The van der Waals surface area contributed by atoms with E-state index in [0.29, 0.717) is 18.9 Å². The highest BCUT2D eigenvalue weighted by Crippen LogP contribution is 2.37. The normalized spacial score (nSPS) is 27.2. The maximum Gasteiger partial charge on any atom is 0.317 e. The second-order valence-electron chi connectivity index (χ2n) is 6.49. The number of piperidine rings is 1. The lowest BCUT2D eigenvalue weighted by Gasteiger charge is -2.38. The second-order valence-corrected chi connectivity index (χ2v) is 6.49. The number of carbonyl (C=O) groups excluding carboxylic acids is 1. The van der Waals surface area contributed by atoms with E-state index in [1.165, 1.54) is 12.1 Å². The molecule has 6 heteroatoms. The molecule has 0 spiro atoms. The van der Waals surface area contributed by atoms with Crippen LogP contribution in [-0.4, -0.2) is 41.1 Å². The van der Waals surface area contributed by atoms with Gasteiger partial charge in [0, 0.05) is 19.1 Å². The summed E-state index contributed by atoms with van der Waals surface area (Å²) >= 11 is 0. The molecule has 0 aromatic heterocycles. The molecule has 3 rings (SSSR count). The van der Waals surface area contributed by atoms with Gasteiger partial charge in [0.1, 0.15) is 5.82 Å². The van der Waals surface area contributed by atoms with Gasteiger partial charge in [0.2, 0.25) is 0 Å². The molecule has 1 unspecified atom stereocenters. The highest BCUT2D eigenvalue weighted by Gasteiger charge is 2.34. The molecular formula is C17H21FN2O3. The lowest BCUT2D eigenvalue weighted by atomic mass is 9.76. The van der Waals surface area contributed by atoms with Gasteiger partial charge in [0.05, 0.1) is 5.92 Å². The molecule has 1 aromatic rings. The molecular weight excluding hydrogens is 299 g/mol. The van der Waals surface area contributed by atoms with Crippen molar-refractivity contribution < 1.29 is 19.1 Å². The molecule has 0 bridgehead atoms. The van der Waals surface area contributed by atoms with E-state index in [1.54, 1.807) is 17.0 Å². The molecule has 124 valence electrons. The first-order valence-corrected chi connectivity index (χ1v) is 8.06. The predicted octanol–water partition coefficient (Wildman–Crippen LogP) is 2.58. The summed E-state index contributed by atoms with van der Waals surface area (Å²) in [6.45, 7) is 0.902. The van der Waals surface area contributed by atoms with Crippen LogP contribution in [0.5, 0.6) is 0 Å². The molecule has 2 fully saturated rings. The number of rotatable bonds is 3. The van der Waals surface area contributed by atoms with Crippen LogP contribution in [0.3, 0.4) is 0 Å². The predicted molar refractivity (Wildman–Crippen MR) is 82.6 cm³/mol. The van der Waals surface area contributed by atoms with Gasteiger partial charge in [-0.05, 0) is 49.3 Å². The summed E-state index contributed by atoms with van der Waals surface area (Å²) in [5.74, 6) is -1.17. The van der Waals surface area contributed by atoms with Crippen LogP contribution in [0.1, 0.15) is 37.2 Å². The van der Waals surface area contributed by atoms with E-state index < -0.39 is 11.9 Å². The molecule has 5 nitrogen and oxygen atoms in total. The largest absolute Gasteiger partial charge is 0.481 e. The van der Waals surface area contributed by atoms with Gasteiger partial charge in [-0.1, -0.05) is 12.1 Å². The maximum atomic E-state index is 12.9. The minimum Gasteiger partial charge on any atom is -0.481 e. The van der Waals surface area contributed by atoms with Gasteiger partial charge in [0.15, 0.2) is 0 Å². The Hall–Kier alpha value is -2.11. The van der Waals surface area contributed by atoms with Crippen LogP contribution in [0.25, 0.3) is 0 Å². The average molecular weight is 320 g/mol. The number of likely N-dealkylation sites (tertiary alicyclic amines) is 1. The van der Waals surface area contributed by atoms with Crippen molar-refractivity contribution in [3.8, 4) is 0 Å². The monoisotopic (exact) mass is 320 g/mol. The molecule has 23 heavy (non-hydrogen) atoms. The Morgan fingerprint density at radius 3 is 2.57 bits per heavy atom. The molecule has 1 aliphatic heterocycles. The Balaban J connectivity index is 1.47. The zero-order chi connectivity index (χ0) is 16.4. The fourth-order valence-corrected chi connectivity index (χ4v) is 3.37. The standard InChI is InChI=1S/C17H21FN2O3/c18-14-5-3-11(4-6-14)13-8-15(9-13)19-17(23)20-7-1-2-12(10-20)16(21)22/h3-6,12-13,15H,1-2,7-10H2,(H,19,23)(H,21,22). The first-order valence-electron chi connectivity index (χ1n) is 8.06. The van der Waals surface area contributed by atoms with Crippen molar-refractivity contribution >= 4 is 12.0 Å². The summed E-state index contributed by atoms with van der Waals surface area (Å²) in [5.41, 5.74) is 1.10. The van der Waals surface area contributed by atoms with Gasteiger partial charge in [-0.3, -0.25) is 4.79 Å². The van der Waals surface area contributed by atoms with Crippen molar-refractivity contribution in [1.82, 2.24) is 10.2 Å². The number of carboxylic acid groups (broad SMARTS) is 1. The highest BCUT2D eigenvalue weighted by atomic mass is 19.1. The zero-order valence-electron chi connectivity index (χ0n) is 12.9. The van der Waals surface area contributed by atoms with E-state index in [2.05, 4.69) is 5.32 Å². The van der Waals surface area contributed by atoms with Gasteiger partial charge in [-0.15, -0.1) is 0 Å². The first kappa shape index (κ1) is 15.8. The lowest BCUT2D eigenvalue weighted by molar-refractivity contribution is -0.143. The van der Waals surface area contributed by atoms with Crippen LogP contribution in [0.4, 0.5) is 9.18 Å². The molecule has 1 aromatic carbocycles. The second kappa shape index (κ2) is 6.56. The number of hydrogen-bond donors (Lipinski definition) is 2. The van der Waals surface area contributed by atoms with E-state index >= 15 is 0 Å². The van der Waals surface area contributed by atoms with Crippen LogP contribution >= 0.6 is 0 Å². The van der Waals surface area contributed by atoms with Crippen molar-refractivity contribution in [3.05, 3.63) is 35.6 Å². The Morgan fingerprint density at radius 1 is 1.22 bits per heavy atom. The number of nitrogens with zero attached hydrogens (tertiary/aromatic N) is 1. The van der Waals surface area contributed by atoms with Crippen molar-refractivity contribution in [2.24, 2.45) is 5.92 Å². The average Bonchev–Trinajstić information content (AvgIpc) is 2.51. The minimum atomic E-state index is -0.831. The van der Waals surface area contributed by atoms with E-state index in [0.717, 1.165) is 24.8 Å². The van der Waals surface area contributed by atoms with E-state index in [1.807, 2.05) is 0 Å². The lowest BCUT2D eigenvalue weighted by Crippen LogP contribution is -2.52. The number of halogens is 1. The van der Waals surface area contributed by atoms with Gasteiger partial charge in [0.25, 0.3) is 0 Å². The van der Waals surface area contributed by atoms with Crippen molar-refractivity contribution in [3.63, 3.8) is 0 Å². The van der Waals surface area contributed by atoms with E-state index in [-0.39, 0.29) is 24.4 Å². The molecule has 2 aliphatic rings. The molecule has 2 N–H and O–H groups in total. The fraction of sp³-hybridized carbons (Fsp3) is 0.529. The topological polar surface area (TPSA) is 69.6 Å². The van der Waals surface area contributed by atoms with E-state index in [9.17, 15) is 14.0 Å². The molecule has 1 saturated carbocycles. The quantitative estimate of drug-likeness (QED) is 0.899. The van der Waals surface area contributed by atoms with Crippen LogP contribution < -0.4 is 5.32 Å². The Bertz CT molecular complexity index is 584. The molecule has 1 aliphatic carbocycles. The smallest absolute Gasteiger partial charge is 0.317 e. The summed E-state index contributed by atoms with van der Waals surface area (Å²) in [4.78, 5) is 24.9. The summed E-state index contributed by atoms with van der Waals surface area (Å²) in [6.07, 6.45) is 3.05. The van der Waals surface area contributed by atoms with E-state index in [4.69, 9.17) is 5.11 Å². The third kappa shape index (κ3) is 3.63. The third-order valence-corrected chi connectivity index (χ3v) is 4.86. The molecule has 1 heterocycles. The van der Waals surface area contributed by atoms with Crippen LogP contribution in [0.15, 0.2) is 24.3 Å². The summed E-state index contributed by atoms with van der Waals surface area (Å²) in [5, 5.41) is 12.0. The fourth-order valence-electron chi connectivity index (χ4n) is 3.37. The molecule has 1 saturated heterocycles.